The van der Waals surface area contributed by atoms with Gasteiger partial charge in [0.15, 0.2) is 17.5 Å². The molecule has 210 valence electrons. The Morgan fingerprint density at radius 3 is 1.38 bits per heavy atom. The summed E-state index contributed by atoms with van der Waals surface area (Å²) in [6.45, 7) is 0. The number of hydrogen-bond acceptors (Lipinski definition) is 4. The molecule has 0 amide bonds. The largest absolute Gasteiger partial charge is 0.456 e. The summed E-state index contributed by atoms with van der Waals surface area (Å²) in [4.78, 5) is 14.8. The van der Waals surface area contributed by atoms with E-state index in [2.05, 4.69) is 109 Å². The molecule has 0 bridgehead atoms. The molecule has 45 heavy (non-hydrogen) atoms. The number of aromatic nitrogens is 3. The second-order valence-corrected chi connectivity index (χ2v) is 11.3. The highest BCUT2D eigenvalue weighted by atomic mass is 16.3. The Morgan fingerprint density at radius 1 is 0.311 bits per heavy atom. The van der Waals surface area contributed by atoms with E-state index in [-0.39, 0.29) is 0 Å². The Bertz CT molecular complexity index is 2550. The van der Waals surface area contributed by atoms with E-state index >= 15 is 0 Å². The summed E-state index contributed by atoms with van der Waals surface area (Å²) in [7, 11) is 0. The van der Waals surface area contributed by atoms with Gasteiger partial charge in [-0.15, -0.1) is 0 Å². The minimum Gasteiger partial charge on any atom is -0.456 e. The van der Waals surface area contributed by atoms with Crippen molar-refractivity contribution in [2.75, 3.05) is 0 Å². The second kappa shape index (κ2) is 10.2. The predicted molar refractivity (Wildman–Crippen MR) is 184 cm³/mol. The lowest BCUT2D eigenvalue weighted by Gasteiger charge is -2.09. The Kier molecular flexibility index (Phi) is 5.78. The SMILES string of the molecule is c1ccc(-c2nc(-c3ccc4ccccc4c3)nc(-c3ccc4c(c3)oc3cc(-c5ccc6ccccc6c5)ccc34)n2)cc1. The molecule has 4 nitrogen and oxygen atoms in total. The Labute approximate surface area is 259 Å². The van der Waals surface area contributed by atoms with Crippen molar-refractivity contribution in [3.63, 3.8) is 0 Å². The first kappa shape index (κ1) is 25.4. The zero-order valence-corrected chi connectivity index (χ0v) is 24.2. The van der Waals surface area contributed by atoms with Gasteiger partial charge in [-0.25, -0.2) is 15.0 Å². The van der Waals surface area contributed by atoms with Gasteiger partial charge in [0.1, 0.15) is 11.2 Å². The maximum atomic E-state index is 6.47. The fraction of sp³-hybridized carbons (Fsp3) is 0. The molecule has 0 aliphatic heterocycles. The van der Waals surface area contributed by atoms with Gasteiger partial charge in [-0.1, -0.05) is 115 Å². The average Bonchev–Trinajstić information content (AvgIpc) is 3.48. The first-order chi connectivity index (χ1) is 22.2. The van der Waals surface area contributed by atoms with E-state index < -0.39 is 0 Å². The van der Waals surface area contributed by atoms with Crippen LogP contribution in [0.15, 0.2) is 156 Å². The number of rotatable bonds is 4. The summed E-state index contributed by atoms with van der Waals surface area (Å²) >= 11 is 0. The van der Waals surface area contributed by atoms with Gasteiger partial charge in [-0.2, -0.15) is 0 Å². The molecule has 0 saturated heterocycles. The Morgan fingerprint density at radius 2 is 0.733 bits per heavy atom. The third-order valence-corrected chi connectivity index (χ3v) is 8.49. The highest BCUT2D eigenvalue weighted by Gasteiger charge is 2.15. The van der Waals surface area contributed by atoms with Crippen molar-refractivity contribution in [1.82, 2.24) is 15.0 Å². The van der Waals surface area contributed by atoms with Crippen molar-refractivity contribution < 1.29 is 4.42 Å². The molecule has 0 unspecified atom stereocenters. The molecule has 2 aromatic heterocycles. The number of furan rings is 1. The fourth-order valence-electron chi connectivity index (χ4n) is 6.14. The summed E-state index contributed by atoms with van der Waals surface area (Å²) < 4.78 is 6.47. The van der Waals surface area contributed by atoms with E-state index in [1.54, 1.807) is 0 Å². The lowest BCUT2D eigenvalue weighted by Crippen LogP contribution is -2.00. The summed E-state index contributed by atoms with van der Waals surface area (Å²) in [5, 5.41) is 6.92. The first-order valence-corrected chi connectivity index (χ1v) is 15.0. The summed E-state index contributed by atoms with van der Waals surface area (Å²) in [6.07, 6.45) is 0. The molecular weight excluding hydrogens is 550 g/mol. The molecule has 7 aromatic carbocycles. The molecule has 0 fully saturated rings. The minimum atomic E-state index is 0.603. The van der Waals surface area contributed by atoms with Crippen LogP contribution in [0, 0.1) is 0 Å². The second-order valence-electron chi connectivity index (χ2n) is 11.3. The van der Waals surface area contributed by atoms with Crippen LogP contribution in [-0.2, 0) is 0 Å². The molecule has 0 aliphatic rings. The number of nitrogens with zero attached hydrogens (tertiary/aromatic N) is 3. The molecule has 0 N–H and O–H groups in total. The van der Waals surface area contributed by atoms with Crippen LogP contribution in [0.1, 0.15) is 0 Å². The average molecular weight is 576 g/mol. The first-order valence-electron chi connectivity index (χ1n) is 15.0. The maximum Gasteiger partial charge on any atom is 0.164 e. The predicted octanol–water partition coefficient (Wildman–Crippen LogP) is 10.7. The van der Waals surface area contributed by atoms with E-state index in [0.717, 1.165) is 55.1 Å². The molecule has 0 atom stereocenters. The molecule has 0 aliphatic carbocycles. The van der Waals surface area contributed by atoms with Crippen LogP contribution in [0.5, 0.6) is 0 Å². The summed E-state index contributed by atoms with van der Waals surface area (Å²) in [5.41, 5.74) is 6.69. The number of benzene rings is 7. The van der Waals surface area contributed by atoms with Gasteiger partial charge in [0.2, 0.25) is 0 Å². The van der Waals surface area contributed by atoms with Crippen LogP contribution in [0.3, 0.4) is 0 Å². The van der Waals surface area contributed by atoms with Crippen LogP contribution in [-0.4, -0.2) is 15.0 Å². The van der Waals surface area contributed by atoms with E-state index in [9.17, 15) is 0 Å². The smallest absolute Gasteiger partial charge is 0.164 e. The minimum absolute atomic E-state index is 0.603. The van der Waals surface area contributed by atoms with Crippen molar-refractivity contribution in [3.05, 3.63) is 152 Å². The van der Waals surface area contributed by atoms with E-state index in [4.69, 9.17) is 19.4 Å². The monoisotopic (exact) mass is 575 g/mol. The van der Waals surface area contributed by atoms with Crippen molar-refractivity contribution in [2.24, 2.45) is 0 Å². The quantitative estimate of drug-likeness (QED) is 0.209. The zero-order chi connectivity index (χ0) is 29.7. The normalized spacial score (nSPS) is 11.6. The van der Waals surface area contributed by atoms with Gasteiger partial charge >= 0.3 is 0 Å². The molecule has 9 rings (SSSR count). The van der Waals surface area contributed by atoms with Crippen LogP contribution in [0.2, 0.25) is 0 Å². The topological polar surface area (TPSA) is 51.8 Å². The lowest BCUT2D eigenvalue weighted by atomic mass is 10.00. The molecule has 9 aromatic rings. The van der Waals surface area contributed by atoms with E-state index in [0.29, 0.717) is 17.5 Å². The zero-order valence-electron chi connectivity index (χ0n) is 24.2. The van der Waals surface area contributed by atoms with Crippen molar-refractivity contribution in [2.45, 2.75) is 0 Å². The molecule has 0 spiro atoms. The van der Waals surface area contributed by atoms with Gasteiger partial charge < -0.3 is 4.42 Å². The van der Waals surface area contributed by atoms with Gasteiger partial charge in [-0.05, 0) is 69.1 Å². The third kappa shape index (κ3) is 4.52. The van der Waals surface area contributed by atoms with Crippen molar-refractivity contribution >= 4 is 43.5 Å². The molecule has 2 heterocycles. The highest BCUT2D eigenvalue weighted by molar-refractivity contribution is 6.07. The molecule has 0 saturated carbocycles. The molecular formula is C41H25N3O. The van der Waals surface area contributed by atoms with E-state index in [1.807, 2.05) is 42.5 Å². The van der Waals surface area contributed by atoms with Gasteiger partial charge in [0.05, 0.1) is 0 Å². The fourth-order valence-corrected chi connectivity index (χ4v) is 6.14. The molecule has 0 radical (unpaired) electrons. The van der Waals surface area contributed by atoms with Gasteiger partial charge in [0.25, 0.3) is 0 Å². The number of fused-ring (bicyclic) bond motifs is 5. The summed E-state index contributed by atoms with van der Waals surface area (Å²) in [6, 6.07) is 52.4. The van der Waals surface area contributed by atoms with Crippen molar-refractivity contribution in [1.29, 1.82) is 0 Å². The Balaban J connectivity index is 1.16. The highest BCUT2D eigenvalue weighted by Crippen LogP contribution is 2.35. The van der Waals surface area contributed by atoms with Crippen molar-refractivity contribution in [3.8, 4) is 45.3 Å². The standard InChI is InChI=1S/C41H25N3O/c1-2-10-28(11-3-1)39-42-40(33-17-15-27-9-5-7-13-30(27)23-33)44-41(43-39)34-19-21-36-35-20-18-32(24-37(35)45-38(36)25-34)31-16-14-26-8-4-6-12-29(26)22-31/h1-25H. The van der Waals surface area contributed by atoms with Crippen LogP contribution in [0.4, 0.5) is 0 Å². The molecule has 4 heteroatoms. The lowest BCUT2D eigenvalue weighted by molar-refractivity contribution is 0.669. The van der Waals surface area contributed by atoms with Gasteiger partial charge in [-0.3, -0.25) is 0 Å². The van der Waals surface area contributed by atoms with Gasteiger partial charge in [0, 0.05) is 27.5 Å². The Hall–Kier alpha value is -6.13. The van der Waals surface area contributed by atoms with Crippen LogP contribution in [0.25, 0.3) is 88.8 Å². The van der Waals surface area contributed by atoms with Crippen LogP contribution >= 0.6 is 0 Å². The third-order valence-electron chi connectivity index (χ3n) is 8.49. The van der Waals surface area contributed by atoms with E-state index in [1.165, 1.54) is 16.2 Å². The number of hydrogen-bond donors (Lipinski definition) is 0. The summed E-state index contributed by atoms with van der Waals surface area (Å²) in [5.74, 6) is 1.87. The van der Waals surface area contributed by atoms with Crippen LogP contribution < -0.4 is 0 Å². The maximum absolute atomic E-state index is 6.47.